The summed E-state index contributed by atoms with van der Waals surface area (Å²) in [6, 6.07) is 13.2. The molecule has 0 saturated carbocycles. The van der Waals surface area contributed by atoms with E-state index in [2.05, 4.69) is 15.3 Å². The lowest BCUT2D eigenvalue weighted by molar-refractivity contribution is -0.114. The highest BCUT2D eigenvalue weighted by molar-refractivity contribution is 7.13. The summed E-state index contributed by atoms with van der Waals surface area (Å²) in [6.07, 6.45) is 3.61. The number of carboxylic acids is 1. The standard InChI is InChI=1S/C24H20N4O3S/c1-3-20-17(9-16(11-25-20)24(30)31)19-12-26-22(27-14(2)29)10-18(19)23-28-21(13-32-23)15-7-5-4-6-8-15/h4-13H,3H2,1-2H3,(H,30,31)(H,26,27,29). The zero-order valence-electron chi connectivity index (χ0n) is 17.5. The van der Waals surface area contributed by atoms with E-state index in [4.69, 9.17) is 4.98 Å². The maximum absolute atomic E-state index is 11.6. The first-order valence-electron chi connectivity index (χ1n) is 9.97. The van der Waals surface area contributed by atoms with Gasteiger partial charge in [-0.15, -0.1) is 11.3 Å². The Bertz CT molecular complexity index is 1300. The minimum Gasteiger partial charge on any atom is -0.478 e. The first-order chi connectivity index (χ1) is 15.5. The lowest BCUT2D eigenvalue weighted by Crippen LogP contribution is -2.08. The van der Waals surface area contributed by atoms with E-state index >= 15 is 0 Å². The molecule has 0 atom stereocenters. The number of hydrogen-bond acceptors (Lipinski definition) is 6. The summed E-state index contributed by atoms with van der Waals surface area (Å²) >= 11 is 1.47. The Morgan fingerprint density at radius 2 is 1.81 bits per heavy atom. The quantitative estimate of drug-likeness (QED) is 0.426. The summed E-state index contributed by atoms with van der Waals surface area (Å²) in [4.78, 5) is 36.7. The Morgan fingerprint density at radius 1 is 1.03 bits per heavy atom. The monoisotopic (exact) mass is 444 g/mol. The van der Waals surface area contributed by atoms with Crippen molar-refractivity contribution in [3.63, 3.8) is 0 Å². The van der Waals surface area contributed by atoms with Crippen LogP contribution in [0, 0.1) is 0 Å². The first-order valence-corrected chi connectivity index (χ1v) is 10.9. The largest absolute Gasteiger partial charge is 0.478 e. The molecule has 32 heavy (non-hydrogen) atoms. The molecular weight excluding hydrogens is 424 g/mol. The van der Waals surface area contributed by atoms with Gasteiger partial charge in [0.05, 0.1) is 11.3 Å². The molecule has 0 saturated heterocycles. The molecule has 3 heterocycles. The fourth-order valence-electron chi connectivity index (χ4n) is 3.36. The number of carbonyl (C=O) groups is 2. The number of carboxylic acid groups (broad SMARTS) is 1. The molecule has 1 aromatic carbocycles. The van der Waals surface area contributed by atoms with Gasteiger partial charge in [0.2, 0.25) is 5.91 Å². The molecule has 0 aliphatic carbocycles. The minimum absolute atomic E-state index is 0.0956. The third kappa shape index (κ3) is 4.40. The molecule has 0 aliphatic heterocycles. The van der Waals surface area contributed by atoms with Gasteiger partial charge in [0.25, 0.3) is 0 Å². The Kier molecular flexibility index (Phi) is 6.04. The molecule has 0 aliphatic rings. The van der Waals surface area contributed by atoms with Gasteiger partial charge in [0.1, 0.15) is 10.8 Å². The fraction of sp³-hybridized carbons (Fsp3) is 0.125. The van der Waals surface area contributed by atoms with E-state index in [0.29, 0.717) is 23.4 Å². The predicted molar refractivity (Wildman–Crippen MR) is 125 cm³/mol. The number of nitrogens with one attached hydrogen (secondary N) is 1. The van der Waals surface area contributed by atoms with Crippen LogP contribution in [-0.4, -0.2) is 31.9 Å². The van der Waals surface area contributed by atoms with Crippen molar-refractivity contribution in [2.24, 2.45) is 0 Å². The molecule has 1 amide bonds. The van der Waals surface area contributed by atoms with E-state index in [0.717, 1.165) is 27.5 Å². The van der Waals surface area contributed by atoms with Crippen molar-refractivity contribution in [1.29, 1.82) is 0 Å². The van der Waals surface area contributed by atoms with Crippen LogP contribution >= 0.6 is 11.3 Å². The first kappa shape index (κ1) is 21.3. The number of aromatic carboxylic acids is 1. The Balaban J connectivity index is 1.90. The molecular formula is C24H20N4O3S. The molecule has 0 radical (unpaired) electrons. The van der Waals surface area contributed by atoms with Crippen LogP contribution in [0.15, 0.2) is 60.2 Å². The number of amides is 1. The lowest BCUT2D eigenvalue weighted by Gasteiger charge is -2.13. The summed E-state index contributed by atoms with van der Waals surface area (Å²) in [5, 5.41) is 14.9. The number of hydrogen-bond donors (Lipinski definition) is 2. The van der Waals surface area contributed by atoms with Crippen LogP contribution < -0.4 is 5.32 Å². The molecule has 0 spiro atoms. The van der Waals surface area contributed by atoms with Crippen LogP contribution in [0.3, 0.4) is 0 Å². The number of aryl methyl sites for hydroxylation is 1. The van der Waals surface area contributed by atoms with Gasteiger partial charge in [-0.3, -0.25) is 9.78 Å². The van der Waals surface area contributed by atoms with Crippen LogP contribution in [0.1, 0.15) is 29.9 Å². The number of pyridine rings is 2. The molecule has 4 rings (SSSR count). The number of thiazole rings is 1. The van der Waals surface area contributed by atoms with E-state index in [9.17, 15) is 14.7 Å². The highest BCUT2D eigenvalue weighted by atomic mass is 32.1. The average Bonchev–Trinajstić information content (AvgIpc) is 3.29. The van der Waals surface area contributed by atoms with E-state index in [1.165, 1.54) is 24.5 Å². The summed E-state index contributed by atoms with van der Waals surface area (Å²) in [5.41, 5.74) is 4.82. The predicted octanol–water partition coefficient (Wildman–Crippen LogP) is 5.15. The van der Waals surface area contributed by atoms with Gasteiger partial charge in [-0.2, -0.15) is 0 Å². The number of rotatable bonds is 6. The number of aromatic nitrogens is 3. The van der Waals surface area contributed by atoms with Crippen molar-refractivity contribution in [2.45, 2.75) is 20.3 Å². The summed E-state index contributed by atoms with van der Waals surface area (Å²) < 4.78 is 0. The van der Waals surface area contributed by atoms with Crippen molar-refractivity contribution in [3.8, 4) is 33.0 Å². The van der Waals surface area contributed by atoms with Gasteiger partial charge in [0.15, 0.2) is 0 Å². The van der Waals surface area contributed by atoms with Gasteiger partial charge >= 0.3 is 5.97 Å². The van der Waals surface area contributed by atoms with Gasteiger partial charge in [-0.25, -0.2) is 14.8 Å². The van der Waals surface area contributed by atoms with Crippen LogP contribution in [0.2, 0.25) is 0 Å². The SMILES string of the molecule is CCc1ncc(C(=O)O)cc1-c1cnc(NC(C)=O)cc1-c1nc(-c2ccccc2)cs1. The maximum Gasteiger partial charge on any atom is 0.337 e. The highest BCUT2D eigenvalue weighted by Gasteiger charge is 2.18. The average molecular weight is 445 g/mol. The van der Waals surface area contributed by atoms with Crippen LogP contribution in [0.25, 0.3) is 33.0 Å². The highest BCUT2D eigenvalue weighted by Crippen LogP contribution is 2.38. The molecule has 0 bridgehead atoms. The Hall–Kier alpha value is -3.91. The van der Waals surface area contributed by atoms with Crippen molar-refractivity contribution in [1.82, 2.24) is 15.0 Å². The second-order valence-electron chi connectivity index (χ2n) is 7.08. The molecule has 0 fully saturated rings. The summed E-state index contributed by atoms with van der Waals surface area (Å²) in [7, 11) is 0. The van der Waals surface area contributed by atoms with Gasteiger partial charge in [-0.1, -0.05) is 37.3 Å². The second kappa shape index (κ2) is 9.07. The Labute approximate surface area is 188 Å². The van der Waals surface area contributed by atoms with Gasteiger partial charge in [-0.05, 0) is 18.6 Å². The van der Waals surface area contributed by atoms with Gasteiger partial charge < -0.3 is 10.4 Å². The van der Waals surface area contributed by atoms with Crippen molar-refractivity contribution >= 4 is 29.0 Å². The number of carbonyl (C=O) groups excluding carboxylic acids is 1. The second-order valence-corrected chi connectivity index (χ2v) is 7.94. The molecule has 0 unspecified atom stereocenters. The van der Waals surface area contributed by atoms with Crippen molar-refractivity contribution in [3.05, 3.63) is 71.5 Å². The van der Waals surface area contributed by atoms with Crippen molar-refractivity contribution in [2.75, 3.05) is 5.32 Å². The number of benzene rings is 1. The molecule has 160 valence electrons. The number of anilines is 1. The number of nitrogens with zero attached hydrogens (tertiary/aromatic N) is 3. The van der Waals surface area contributed by atoms with Gasteiger partial charge in [0, 0.05) is 52.6 Å². The van der Waals surface area contributed by atoms with Crippen LogP contribution in [-0.2, 0) is 11.2 Å². The normalized spacial score (nSPS) is 10.7. The zero-order valence-corrected chi connectivity index (χ0v) is 18.3. The van der Waals surface area contributed by atoms with E-state index in [1.807, 2.05) is 42.6 Å². The molecule has 2 N–H and O–H groups in total. The fourth-order valence-corrected chi connectivity index (χ4v) is 4.22. The van der Waals surface area contributed by atoms with E-state index < -0.39 is 5.97 Å². The van der Waals surface area contributed by atoms with Crippen molar-refractivity contribution < 1.29 is 14.7 Å². The van der Waals surface area contributed by atoms with E-state index in [-0.39, 0.29) is 11.5 Å². The van der Waals surface area contributed by atoms with Crippen LogP contribution in [0.4, 0.5) is 5.82 Å². The molecule has 8 heteroatoms. The summed E-state index contributed by atoms with van der Waals surface area (Å²) in [6.45, 7) is 3.38. The van der Waals surface area contributed by atoms with Crippen LogP contribution in [0.5, 0.6) is 0 Å². The van der Waals surface area contributed by atoms with E-state index in [1.54, 1.807) is 18.3 Å². The minimum atomic E-state index is -1.05. The third-order valence-corrected chi connectivity index (χ3v) is 5.73. The lowest BCUT2D eigenvalue weighted by atomic mass is 9.98. The molecule has 4 aromatic rings. The molecule has 3 aromatic heterocycles. The summed E-state index contributed by atoms with van der Waals surface area (Å²) in [5.74, 6) is -0.886. The molecule has 7 nitrogen and oxygen atoms in total. The zero-order chi connectivity index (χ0) is 22.7. The third-order valence-electron chi connectivity index (χ3n) is 4.85. The topological polar surface area (TPSA) is 105 Å². The smallest absolute Gasteiger partial charge is 0.337 e. The maximum atomic E-state index is 11.6. The Morgan fingerprint density at radius 3 is 2.50 bits per heavy atom.